The molecule has 1 N–H and O–H groups in total. The lowest BCUT2D eigenvalue weighted by atomic mass is 9.91. The van der Waals surface area contributed by atoms with E-state index in [-0.39, 0.29) is 12.1 Å². The zero-order valence-electron chi connectivity index (χ0n) is 15.9. The molecule has 0 aliphatic rings. The van der Waals surface area contributed by atoms with Crippen molar-refractivity contribution in [1.29, 1.82) is 0 Å². The molecule has 6 heteroatoms. The van der Waals surface area contributed by atoms with Gasteiger partial charge in [-0.25, -0.2) is 0 Å². The van der Waals surface area contributed by atoms with E-state index in [0.29, 0.717) is 5.69 Å². The van der Waals surface area contributed by atoms with Gasteiger partial charge in [-0.15, -0.1) is 4.91 Å². The van der Waals surface area contributed by atoms with E-state index in [1.54, 1.807) is 6.07 Å². The van der Waals surface area contributed by atoms with Gasteiger partial charge in [-0.3, -0.25) is 4.57 Å². The smallest absolute Gasteiger partial charge is 0.324 e. The number of hydrogen-bond donors (Lipinski definition) is 1. The molecule has 26 heavy (non-hydrogen) atoms. The molecule has 0 heterocycles. The molecular weight excluding hydrogens is 349 g/mol. The van der Waals surface area contributed by atoms with Crippen LogP contribution in [-0.2, 0) is 21.7 Å². The van der Waals surface area contributed by atoms with Gasteiger partial charge < -0.3 is 9.42 Å². The Morgan fingerprint density at radius 3 is 2.23 bits per heavy atom. The van der Waals surface area contributed by atoms with Gasteiger partial charge in [0.2, 0.25) is 0 Å². The lowest BCUT2D eigenvalue weighted by molar-refractivity contribution is 0.314. The molecule has 0 bridgehead atoms. The van der Waals surface area contributed by atoms with E-state index in [1.807, 2.05) is 52.0 Å². The third-order valence-corrected chi connectivity index (χ3v) is 5.95. The van der Waals surface area contributed by atoms with E-state index in [1.165, 1.54) is 12.7 Å². The van der Waals surface area contributed by atoms with Gasteiger partial charge in [0.05, 0.1) is 6.16 Å². The highest BCUT2D eigenvalue weighted by atomic mass is 31.2. The zero-order chi connectivity index (χ0) is 19.5. The quantitative estimate of drug-likeness (QED) is 0.494. The topological polar surface area (TPSA) is 76.0 Å². The lowest BCUT2D eigenvalue weighted by Gasteiger charge is -2.16. The molecule has 0 radical (unpaired) electrons. The zero-order valence-corrected chi connectivity index (χ0v) is 16.8. The van der Waals surface area contributed by atoms with Crippen LogP contribution in [0.5, 0.6) is 0 Å². The lowest BCUT2D eigenvalue weighted by Crippen LogP contribution is -2.00. The summed E-state index contributed by atoms with van der Waals surface area (Å²) < 4.78 is 16.5. The van der Waals surface area contributed by atoms with Crippen LogP contribution >= 0.6 is 7.60 Å². The molecule has 0 saturated carbocycles. The number of hydrogen-bond acceptors (Lipinski definition) is 4. The second kappa shape index (κ2) is 8.26. The Morgan fingerprint density at radius 2 is 1.73 bits per heavy atom. The van der Waals surface area contributed by atoms with Gasteiger partial charge in [0.15, 0.2) is 0 Å². The first kappa shape index (κ1) is 20.5. The molecule has 140 valence electrons. The van der Waals surface area contributed by atoms with E-state index >= 15 is 0 Å². The van der Waals surface area contributed by atoms with Crippen molar-refractivity contribution in [2.75, 3.05) is 7.11 Å². The van der Waals surface area contributed by atoms with Crippen LogP contribution in [0, 0.1) is 18.8 Å². The van der Waals surface area contributed by atoms with Gasteiger partial charge in [0, 0.05) is 7.11 Å². The molecule has 2 rings (SSSR count). The Labute approximate surface area is 154 Å². The number of aryl methyl sites for hydroxylation is 2. The van der Waals surface area contributed by atoms with Crippen LogP contribution in [0.15, 0.2) is 35.5 Å². The number of rotatable bonds is 7. The predicted molar refractivity (Wildman–Crippen MR) is 105 cm³/mol. The van der Waals surface area contributed by atoms with Crippen LogP contribution in [0.25, 0.3) is 0 Å². The third-order valence-electron chi connectivity index (χ3n) is 4.62. The Morgan fingerprint density at radius 1 is 1.12 bits per heavy atom. The summed E-state index contributed by atoms with van der Waals surface area (Å²) >= 11 is 0. The Hall–Kier alpha value is -1.81. The second-order valence-corrected chi connectivity index (χ2v) is 8.96. The summed E-state index contributed by atoms with van der Waals surface area (Å²) in [5.41, 5.74) is 6.67. The highest BCUT2D eigenvalue weighted by molar-refractivity contribution is 7.51. The fourth-order valence-corrected chi connectivity index (χ4v) is 3.99. The third kappa shape index (κ3) is 4.88. The van der Waals surface area contributed by atoms with E-state index in [0.717, 1.165) is 34.2 Å². The normalized spacial score (nSPS) is 13.7. The molecule has 0 aliphatic heterocycles. The summed E-state index contributed by atoms with van der Waals surface area (Å²) in [5, 5.41) is 3.12. The first-order chi connectivity index (χ1) is 12.2. The average molecular weight is 375 g/mol. The number of nitroso groups, excluding NO2 is 1. The first-order valence-electron chi connectivity index (χ1n) is 8.59. The van der Waals surface area contributed by atoms with Crippen molar-refractivity contribution in [2.24, 2.45) is 5.18 Å². The Balaban J connectivity index is 2.34. The molecule has 0 aromatic heterocycles. The largest absolute Gasteiger partial charge is 0.332 e. The van der Waals surface area contributed by atoms with Crippen LogP contribution in [0.2, 0.25) is 0 Å². The van der Waals surface area contributed by atoms with Crippen LogP contribution in [0.1, 0.15) is 53.1 Å². The molecule has 0 amide bonds. The molecule has 0 aliphatic carbocycles. The minimum Gasteiger partial charge on any atom is -0.324 e. The Kier molecular flexibility index (Phi) is 6.51. The monoisotopic (exact) mass is 375 g/mol. The molecule has 1 atom stereocenters. The minimum absolute atomic E-state index is 0.00264. The predicted octanol–water partition coefficient (Wildman–Crippen LogP) is 5.75. The molecule has 0 saturated heterocycles. The fraction of sp³-hybridized carbons (Fsp3) is 0.400. The maximum absolute atomic E-state index is 11.8. The van der Waals surface area contributed by atoms with Gasteiger partial charge in [0.25, 0.3) is 0 Å². The van der Waals surface area contributed by atoms with E-state index in [4.69, 9.17) is 0 Å². The number of benzene rings is 2. The molecule has 0 fully saturated rings. The van der Waals surface area contributed by atoms with Gasteiger partial charge >= 0.3 is 7.60 Å². The van der Waals surface area contributed by atoms with Crippen molar-refractivity contribution in [3.8, 4) is 0 Å². The molecule has 0 spiro atoms. The van der Waals surface area contributed by atoms with Gasteiger partial charge in [-0.05, 0) is 70.8 Å². The maximum Gasteiger partial charge on any atom is 0.332 e. The van der Waals surface area contributed by atoms with Gasteiger partial charge in [0.1, 0.15) is 5.69 Å². The summed E-state index contributed by atoms with van der Waals surface area (Å²) in [5.74, 6) is 0.222. The van der Waals surface area contributed by atoms with Crippen LogP contribution in [0.3, 0.4) is 0 Å². The van der Waals surface area contributed by atoms with Crippen LogP contribution in [0.4, 0.5) is 5.69 Å². The van der Waals surface area contributed by atoms with Crippen molar-refractivity contribution >= 4 is 13.3 Å². The van der Waals surface area contributed by atoms with Crippen molar-refractivity contribution < 1.29 is 14.0 Å². The number of nitrogens with zero attached hydrogens (tertiary/aromatic N) is 1. The molecule has 5 nitrogen and oxygen atoms in total. The minimum atomic E-state index is -3.58. The first-order valence-corrected chi connectivity index (χ1v) is 10.4. The van der Waals surface area contributed by atoms with Gasteiger partial charge in [-0.2, -0.15) is 0 Å². The standard InChI is InChI=1S/C20H26NO4P/c1-13(2)18-10-16(6-7-20(18)21-22)11-19-14(3)8-17(9-15(19)4)12-26(23,24)25-5/h6-10,13H,11-12H2,1-5H3,(H,23,24). The summed E-state index contributed by atoms with van der Waals surface area (Å²) in [6, 6.07) is 9.63. The Bertz CT molecular complexity index is 838. The van der Waals surface area contributed by atoms with Gasteiger partial charge in [-0.1, -0.05) is 38.1 Å². The average Bonchev–Trinajstić information content (AvgIpc) is 2.57. The highest BCUT2D eigenvalue weighted by Gasteiger charge is 2.19. The van der Waals surface area contributed by atoms with Crippen LogP contribution < -0.4 is 0 Å². The van der Waals surface area contributed by atoms with E-state index < -0.39 is 7.60 Å². The molecule has 2 aromatic rings. The second-order valence-electron chi connectivity index (χ2n) is 7.00. The van der Waals surface area contributed by atoms with Crippen molar-refractivity contribution in [3.63, 3.8) is 0 Å². The van der Waals surface area contributed by atoms with Crippen molar-refractivity contribution in [1.82, 2.24) is 0 Å². The summed E-state index contributed by atoms with van der Waals surface area (Å²) in [4.78, 5) is 20.7. The fourth-order valence-electron chi connectivity index (χ4n) is 3.21. The summed E-state index contributed by atoms with van der Waals surface area (Å²) in [7, 11) is -2.33. The summed E-state index contributed by atoms with van der Waals surface area (Å²) in [6.07, 6.45) is 0.737. The molecule has 2 aromatic carbocycles. The summed E-state index contributed by atoms with van der Waals surface area (Å²) in [6.45, 7) is 8.10. The van der Waals surface area contributed by atoms with Crippen molar-refractivity contribution in [3.05, 3.63) is 68.6 Å². The maximum atomic E-state index is 11.8. The highest BCUT2D eigenvalue weighted by Crippen LogP contribution is 2.45. The van der Waals surface area contributed by atoms with E-state index in [9.17, 15) is 14.4 Å². The van der Waals surface area contributed by atoms with Crippen LogP contribution in [-0.4, -0.2) is 12.0 Å². The van der Waals surface area contributed by atoms with Crippen molar-refractivity contribution in [2.45, 2.75) is 46.2 Å². The molecular formula is C20H26NO4P. The molecule has 1 unspecified atom stereocenters. The SMILES string of the molecule is COP(=O)(O)Cc1cc(C)c(Cc2ccc(N=O)c(C(C)C)c2)c(C)c1. The van der Waals surface area contributed by atoms with E-state index in [2.05, 4.69) is 9.70 Å².